The lowest BCUT2D eigenvalue weighted by molar-refractivity contribution is 0.282. The fourth-order valence-electron chi connectivity index (χ4n) is 2.93. The molecule has 1 fully saturated rings. The molecule has 0 bridgehead atoms. The molecule has 7 nitrogen and oxygen atoms in total. The molecule has 0 radical (unpaired) electrons. The van der Waals surface area contributed by atoms with E-state index in [1.165, 1.54) is 45.3 Å². The third kappa shape index (κ3) is 7.33. The number of aliphatic imine (C=N–C) groups is 1. The van der Waals surface area contributed by atoms with Gasteiger partial charge in [0, 0.05) is 20.1 Å². The van der Waals surface area contributed by atoms with Crippen LogP contribution in [-0.4, -0.2) is 58.9 Å². The van der Waals surface area contributed by atoms with Crippen LogP contribution >= 0.6 is 24.0 Å². The summed E-state index contributed by atoms with van der Waals surface area (Å²) in [5.41, 5.74) is 0. The fraction of sp³-hybridized carbons (Fsp3) is 0.812. The van der Waals surface area contributed by atoms with Crippen molar-refractivity contribution >= 4 is 29.9 Å². The van der Waals surface area contributed by atoms with Crippen molar-refractivity contribution in [1.82, 2.24) is 30.3 Å². The van der Waals surface area contributed by atoms with Crippen LogP contribution in [0.5, 0.6) is 0 Å². The molecular weight excluding hydrogens is 417 g/mol. The molecule has 2 heterocycles. The highest BCUT2D eigenvalue weighted by Gasteiger charge is 2.08. The summed E-state index contributed by atoms with van der Waals surface area (Å²) in [6.45, 7) is 8.25. The average Bonchev–Trinajstić information content (AvgIpc) is 2.88. The summed E-state index contributed by atoms with van der Waals surface area (Å²) in [6.07, 6.45) is 8.41. The molecule has 0 saturated carbocycles. The van der Waals surface area contributed by atoms with Gasteiger partial charge in [-0.2, -0.15) is 0 Å². The lowest BCUT2D eigenvalue weighted by Crippen LogP contribution is -2.39. The summed E-state index contributed by atoms with van der Waals surface area (Å²) in [5.74, 6) is 1.76. The molecule has 1 aliphatic rings. The van der Waals surface area contributed by atoms with Crippen molar-refractivity contribution in [2.24, 2.45) is 4.99 Å². The first-order chi connectivity index (χ1) is 11.3. The number of likely N-dealkylation sites (tertiary alicyclic amines) is 1. The minimum atomic E-state index is 0. The smallest absolute Gasteiger partial charge is 0.191 e. The van der Waals surface area contributed by atoms with Gasteiger partial charge in [-0.15, -0.1) is 34.2 Å². The van der Waals surface area contributed by atoms with Crippen molar-refractivity contribution in [3.63, 3.8) is 0 Å². The van der Waals surface area contributed by atoms with Gasteiger partial charge in [-0.25, -0.2) is 0 Å². The second kappa shape index (κ2) is 12.5. The third-order valence-corrected chi connectivity index (χ3v) is 4.32. The predicted molar refractivity (Wildman–Crippen MR) is 109 cm³/mol. The Morgan fingerprint density at radius 3 is 2.62 bits per heavy atom. The van der Waals surface area contributed by atoms with Gasteiger partial charge in [0.2, 0.25) is 0 Å². The van der Waals surface area contributed by atoms with E-state index >= 15 is 0 Å². The van der Waals surface area contributed by atoms with E-state index in [0.29, 0.717) is 6.54 Å². The summed E-state index contributed by atoms with van der Waals surface area (Å²) >= 11 is 0. The van der Waals surface area contributed by atoms with Gasteiger partial charge >= 0.3 is 0 Å². The SMILES string of the molecule is CCn1cnnc1CNC(=NC)NCCCN1CCCCCC1.I. The van der Waals surface area contributed by atoms with E-state index in [1.54, 1.807) is 13.4 Å². The van der Waals surface area contributed by atoms with E-state index in [-0.39, 0.29) is 24.0 Å². The van der Waals surface area contributed by atoms with Crippen LogP contribution in [0.25, 0.3) is 0 Å². The van der Waals surface area contributed by atoms with Gasteiger partial charge in [0.1, 0.15) is 6.33 Å². The van der Waals surface area contributed by atoms with E-state index in [9.17, 15) is 0 Å². The highest BCUT2D eigenvalue weighted by molar-refractivity contribution is 14.0. The maximum atomic E-state index is 4.27. The molecule has 8 heteroatoms. The molecule has 0 spiro atoms. The van der Waals surface area contributed by atoms with Gasteiger partial charge in [0.05, 0.1) is 6.54 Å². The number of aromatic nitrogens is 3. The first-order valence-corrected chi connectivity index (χ1v) is 8.87. The molecule has 1 saturated heterocycles. The number of hydrogen-bond acceptors (Lipinski definition) is 4. The van der Waals surface area contributed by atoms with Crippen LogP contribution in [-0.2, 0) is 13.1 Å². The predicted octanol–water partition coefficient (Wildman–Crippen LogP) is 1.85. The topological polar surface area (TPSA) is 70.4 Å². The minimum absolute atomic E-state index is 0. The summed E-state index contributed by atoms with van der Waals surface area (Å²) in [6, 6.07) is 0. The van der Waals surface area contributed by atoms with Gasteiger partial charge in [-0.3, -0.25) is 4.99 Å². The standard InChI is InChI=1S/C16H31N7.HI/c1-3-23-14-20-21-15(23)13-19-16(17-2)18-9-8-12-22-10-6-4-5-7-11-22;/h14H,3-13H2,1-2H3,(H2,17,18,19);1H. The normalized spacial score (nSPS) is 16.3. The van der Waals surface area contributed by atoms with Gasteiger partial charge in [0.25, 0.3) is 0 Å². The maximum absolute atomic E-state index is 4.27. The van der Waals surface area contributed by atoms with Gasteiger partial charge in [-0.1, -0.05) is 12.8 Å². The number of guanidine groups is 1. The molecule has 138 valence electrons. The number of nitrogens with one attached hydrogen (secondary N) is 2. The summed E-state index contributed by atoms with van der Waals surface area (Å²) in [5, 5.41) is 14.7. The van der Waals surface area contributed by atoms with Crippen molar-refractivity contribution < 1.29 is 0 Å². The van der Waals surface area contributed by atoms with E-state index in [1.807, 2.05) is 4.57 Å². The molecule has 24 heavy (non-hydrogen) atoms. The van der Waals surface area contributed by atoms with Crippen molar-refractivity contribution in [2.75, 3.05) is 33.2 Å². The molecule has 1 aromatic heterocycles. The van der Waals surface area contributed by atoms with Crippen LogP contribution in [0.15, 0.2) is 11.3 Å². The second-order valence-electron chi connectivity index (χ2n) is 6.00. The number of halogens is 1. The zero-order valence-electron chi connectivity index (χ0n) is 15.0. The molecule has 0 aliphatic carbocycles. The van der Waals surface area contributed by atoms with Crippen molar-refractivity contribution in [2.45, 2.75) is 52.1 Å². The Morgan fingerprint density at radius 1 is 1.21 bits per heavy atom. The summed E-state index contributed by atoms with van der Waals surface area (Å²) in [4.78, 5) is 6.86. The Labute approximate surface area is 162 Å². The monoisotopic (exact) mass is 449 g/mol. The van der Waals surface area contributed by atoms with Crippen LogP contribution in [0.3, 0.4) is 0 Å². The number of hydrogen-bond donors (Lipinski definition) is 2. The summed E-state index contributed by atoms with van der Waals surface area (Å²) in [7, 11) is 1.80. The largest absolute Gasteiger partial charge is 0.356 e. The Hall–Kier alpha value is -0.900. The van der Waals surface area contributed by atoms with E-state index < -0.39 is 0 Å². The maximum Gasteiger partial charge on any atom is 0.191 e. The highest BCUT2D eigenvalue weighted by Crippen LogP contribution is 2.09. The van der Waals surface area contributed by atoms with Crippen LogP contribution in [0.2, 0.25) is 0 Å². The highest BCUT2D eigenvalue weighted by atomic mass is 127. The molecular formula is C16H32IN7. The molecule has 0 aromatic carbocycles. The van der Waals surface area contributed by atoms with Crippen LogP contribution < -0.4 is 10.6 Å². The zero-order valence-corrected chi connectivity index (χ0v) is 17.3. The first-order valence-electron chi connectivity index (χ1n) is 8.87. The summed E-state index contributed by atoms with van der Waals surface area (Å²) < 4.78 is 2.03. The molecule has 1 aromatic rings. The van der Waals surface area contributed by atoms with Crippen LogP contribution in [0.4, 0.5) is 0 Å². The molecule has 0 amide bonds. The van der Waals surface area contributed by atoms with E-state index in [2.05, 4.69) is 37.6 Å². The Kier molecular flexibility index (Phi) is 11.0. The van der Waals surface area contributed by atoms with Crippen LogP contribution in [0, 0.1) is 0 Å². The van der Waals surface area contributed by atoms with Crippen molar-refractivity contribution in [3.05, 3.63) is 12.2 Å². The first kappa shape index (κ1) is 21.1. The minimum Gasteiger partial charge on any atom is -0.356 e. The molecule has 2 rings (SSSR count). The average molecular weight is 449 g/mol. The Bertz CT molecular complexity index is 467. The molecule has 0 unspecified atom stereocenters. The third-order valence-electron chi connectivity index (χ3n) is 4.32. The van der Waals surface area contributed by atoms with E-state index in [0.717, 1.165) is 31.3 Å². The lowest BCUT2D eigenvalue weighted by atomic mass is 10.2. The van der Waals surface area contributed by atoms with E-state index in [4.69, 9.17) is 0 Å². The number of aryl methyl sites for hydroxylation is 1. The van der Waals surface area contributed by atoms with Crippen LogP contribution in [0.1, 0.15) is 44.9 Å². The van der Waals surface area contributed by atoms with Gasteiger partial charge < -0.3 is 20.1 Å². The van der Waals surface area contributed by atoms with Crippen molar-refractivity contribution in [3.8, 4) is 0 Å². The second-order valence-corrected chi connectivity index (χ2v) is 6.00. The molecule has 2 N–H and O–H groups in total. The zero-order chi connectivity index (χ0) is 16.3. The van der Waals surface area contributed by atoms with Gasteiger partial charge in [0.15, 0.2) is 11.8 Å². The molecule has 1 aliphatic heterocycles. The quantitative estimate of drug-likeness (QED) is 0.288. The van der Waals surface area contributed by atoms with Gasteiger partial charge in [-0.05, 0) is 45.8 Å². The van der Waals surface area contributed by atoms with Crippen molar-refractivity contribution in [1.29, 1.82) is 0 Å². The lowest BCUT2D eigenvalue weighted by Gasteiger charge is -2.20. The molecule has 0 atom stereocenters. The number of rotatable bonds is 7. The fourth-order valence-corrected chi connectivity index (χ4v) is 2.93. The Balaban J connectivity index is 0.00000288. The Morgan fingerprint density at radius 2 is 1.96 bits per heavy atom. The number of nitrogens with zero attached hydrogens (tertiary/aromatic N) is 5.